The number of hydrogen-bond donors (Lipinski definition) is 1. The molecule has 0 saturated carbocycles. The third-order valence-corrected chi connectivity index (χ3v) is 5.71. The lowest BCUT2D eigenvalue weighted by atomic mass is 10.0. The standard InChI is InChI=1S/C27H26N4O3/c1-19(22-11-8-12-23(15-22)29-20(2)32)31(16-21-9-4-3-5-10-21)26(33)17-30-18-28-25-14-7-6-13-24(25)27(30)34/h3-15,18-19H,16-17H2,1-2H3,(H,29,32). The van der Waals surface area contributed by atoms with Gasteiger partial charge in [0.1, 0.15) is 6.54 Å². The van der Waals surface area contributed by atoms with E-state index < -0.39 is 0 Å². The minimum absolute atomic E-state index is 0.126. The first-order valence-electron chi connectivity index (χ1n) is 11.1. The molecule has 1 atom stereocenters. The maximum absolute atomic E-state index is 13.6. The van der Waals surface area contributed by atoms with E-state index in [4.69, 9.17) is 0 Å². The van der Waals surface area contributed by atoms with E-state index in [2.05, 4.69) is 10.3 Å². The number of aromatic nitrogens is 2. The van der Waals surface area contributed by atoms with Gasteiger partial charge in [-0.1, -0.05) is 54.6 Å². The molecule has 4 aromatic rings. The van der Waals surface area contributed by atoms with E-state index >= 15 is 0 Å². The third kappa shape index (κ3) is 5.20. The number of anilines is 1. The van der Waals surface area contributed by atoms with Crippen LogP contribution in [0.3, 0.4) is 0 Å². The Bertz CT molecular complexity index is 1380. The van der Waals surface area contributed by atoms with Gasteiger partial charge < -0.3 is 10.2 Å². The predicted octanol–water partition coefficient (Wildman–Crippen LogP) is 4.14. The molecule has 0 bridgehead atoms. The van der Waals surface area contributed by atoms with Crippen LogP contribution in [-0.2, 0) is 22.7 Å². The second kappa shape index (κ2) is 10.1. The van der Waals surface area contributed by atoms with E-state index in [1.807, 2.05) is 61.5 Å². The van der Waals surface area contributed by atoms with Gasteiger partial charge >= 0.3 is 0 Å². The van der Waals surface area contributed by atoms with Crippen LogP contribution < -0.4 is 10.9 Å². The average molecular weight is 455 g/mol. The highest BCUT2D eigenvalue weighted by Crippen LogP contribution is 2.25. The second-order valence-electron chi connectivity index (χ2n) is 8.18. The summed E-state index contributed by atoms with van der Waals surface area (Å²) in [5.74, 6) is -0.370. The van der Waals surface area contributed by atoms with Crippen LogP contribution in [0.4, 0.5) is 5.69 Å². The van der Waals surface area contributed by atoms with Crippen molar-refractivity contribution in [3.63, 3.8) is 0 Å². The lowest BCUT2D eigenvalue weighted by Crippen LogP contribution is -2.38. The minimum atomic E-state index is -0.300. The molecule has 0 saturated heterocycles. The SMILES string of the molecule is CC(=O)Nc1cccc(C(C)N(Cc2ccccc2)C(=O)Cn2cnc3ccccc3c2=O)c1. The van der Waals surface area contributed by atoms with Crippen molar-refractivity contribution in [2.45, 2.75) is 33.0 Å². The molecule has 4 rings (SSSR count). The van der Waals surface area contributed by atoms with Gasteiger partial charge in [-0.15, -0.1) is 0 Å². The van der Waals surface area contributed by atoms with Crippen molar-refractivity contribution in [3.8, 4) is 0 Å². The van der Waals surface area contributed by atoms with Crippen molar-refractivity contribution in [3.05, 3.63) is 107 Å². The van der Waals surface area contributed by atoms with Crippen LogP contribution in [-0.4, -0.2) is 26.3 Å². The number of fused-ring (bicyclic) bond motifs is 1. The largest absolute Gasteiger partial charge is 0.330 e. The van der Waals surface area contributed by atoms with Gasteiger partial charge in [-0.25, -0.2) is 4.98 Å². The molecule has 1 N–H and O–H groups in total. The Morgan fingerprint density at radius 3 is 2.50 bits per heavy atom. The quantitative estimate of drug-likeness (QED) is 0.455. The van der Waals surface area contributed by atoms with Gasteiger partial charge in [0, 0.05) is 19.2 Å². The molecule has 7 nitrogen and oxygen atoms in total. The monoisotopic (exact) mass is 454 g/mol. The number of hydrogen-bond acceptors (Lipinski definition) is 4. The number of rotatable bonds is 7. The molecule has 172 valence electrons. The zero-order chi connectivity index (χ0) is 24.1. The summed E-state index contributed by atoms with van der Waals surface area (Å²) < 4.78 is 1.35. The molecule has 0 aliphatic heterocycles. The lowest BCUT2D eigenvalue weighted by molar-refractivity contribution is -0.134. The van der Waals surface area contributed by atoms with Crippen molar-refractivity contribution >= 4 is 28.4 Å². The number of para-hydroxylation sites is 1. The molecule has 3 aromatic carbocycles. The summed E-state index contributed by atoms with van der Waals surface area (Å²) in [4.78, 5) is 44.1. The van der Waals surface area contributed by atoms with E-state index in [-0.39, 0.29) is 30.0 Å². The highest BCUT2D eigenvalue weighted by atomic mass is 16.2. The third-order valence-electron chi connectivity index (χ3n) is 5.71. The Morgan fingerprint density at radius 2 is 1.74 bits per heavy atom. The summed E-state index contributed by atoms with van der Waals surface area (Å²) in [5, 5.41) is 3.26. The summed E-state index contributed by atoms with van der Waals surface area (Å²) >= 11 is 0. The molecule has 0 aliphatic rings. The molecule has 0 radical (unpaired) electrons. The number of carbonyl (C=O) groups excluding carboxylic acids is 2. The number of carbonyl (C=O) groups is 2. The second-order valence-corrected chi connectivity index (χ2v) is 8.18. The average Bonchev–Trinajstić information content (AvgIpc) is 2.84. The van der Waals surface area contributed by atoms with E-state index in [0.29, 0.717) is 23.1 Å². The number of nitrogens with zero attached hydrogens (tertiary/aromatic N) is 3. The van der Waals surface area contributed by atoms with Gasteiger partial charge in [-0.05, 0) is 42.3 Å². The van der Waals surface area contributed by atoms with Crippen LogP contribution in [0.15, 0.2) is 90.0 Å². The van der Waals surface area contributed by atoms with Gasteiger partial charge in [0.15, 0.2) is 0 Å². The Kier molecular flexibility index (Phi) is 6.82. The van der Waals surface area contributed by atoms with Gasteiger partial charge in [-0.3, -0.25) is 19.0 Å². The summed E-state index contributed by atoms with van der Waals surface area (Å²) in [6.45, 7) is 3.64. The summed E-state index contributed by atoms with van der Waals surface area (Å²) in [6, 6.07) is 23.9. The number of benzene rings is 3. The van der Waals surface area contributed by atoms with E-state index in [1.165, 1.54) is 17.8 Å². The maximum atomic E-state index is 13.6. The fourth-order valence-electron chi connectivity index (χ4n) is 3.94. The fraction of sp³-hybridized carbons (Fsp3) is 0.185. The molecule has 2 amide bonds. The molecule has 1 aromatic heterocycles. The normalized spacial score (nSPS) is 11.7. The summed E-state index contributed by atoms with van der Waals surface area (Å²) in [7, 11) is 0. The van der Waals surface area contributed by atoms with E-state index in [9.17, 15) is 14.4 Å². The molecule has 1 unspecified atom stereocenters. The van der Waals surface area contributed by atoms with Crippen molar-refractivity contribution in [2.24, 2.45) is 0 Å². The van der Waals surface area contributed by atoms with Gasteiger partial charge in [0.05, 0.1) is 23.3 Å². The van der Waals surface area contributed by atoms with Crippen molar-refractivity contribution in [2.75, 3.05) is 5.32 Å². The van der Waals surface area contributed by atoms with Gasteiger partial charge in [0.25, 0.3) is 5.56 Å². The topological polar surface area (TPSA) is 84.3 Å². The van der Waals surface area contributed by atoms with E-state index in [1.54, 1.807) is 29.2 Å². The minimum Gasteiger partial charge on any atom is -0.330 e. The van der Waals surface area contributed by atoms with Crippen LogP contribution in [0, 0.1) is 0 Å². The van der Waals surface area contributed by atoms with Gasteiger partial charge in [-0.2, -0.15) is 0 Å². The Morgan fingerprint density at radius 1 is 1.00 bits per heavy atom. The zero-order valence-corrected chi connectivity index (χ0v) is 19.1. The summed E-state index contributed by atoms with van der Waals surface area (Å²) in [5.41, 5.74) is 2.86. The Balaban J connectivity index is 1.66. The van der Waals surface area contributed by atoms with Crippen molar-refractivity contribution in [1.29, 1.82) is 0 Å². The highest BCUT2D eigenvalue weighted by molar-refractivity contribution is 5.88. The molecule has 0 aliphatic carbocycles. The first kappa shape index (κ1) is 22.9. The molecular formula is C27H26N4O3. The maximum Gasteiger partial charge on any atom is 0.261 e. The van der Waals surface area contributed by atoms with Gasteiger partial charge in [0.2, 0.25) is 11.8 Å². The molecule has 34 heavy (non-hydrogen) atoms. The first-order chi connectivity index (χ1) is 16.4. The molecule has 0 spiro atoms. The van der Waals surface area contributed by atoms with Crippen molar-refractivity contribution < 1.29 is 9.59 Å². The molecular weight excluding hydrogens is 428 g/mol. The van der Waals surface area contributed by atoms with Crippen LogP contribution >= 0.6 is 0 Å². The highest BCUT2D eigenvalue weighted by Gasteiger charge is 2.23. The van der Waals surface area contributed by atoms with Crippen molar-refractivity contribution in [1.82, 2.24) is 14.5 Å². The van der Waals surface area contributed by atoms with Crippen LogP contribution in [0.2, 0.25) is 0 Å². The molecule has 7 heteroatoms. The molecule has 0 fully saturated rings. The van der Waals surface area contributed by atoms with Crippen LogP contribution in [0.1, 0.15) is 31.0 Å². The molecule has 1 heterocycles. The number of amides is 2. The number of nitrogens with one attached hydrogen (secondary N) is 1. The van der Waals surface area contributed by atoms with Crippen LogP contribution in [0.25, 0.3) is 10.9 Å². The smallest absolute Gasteiger partial charge is 0.261 e. The fourth-order valence-corrected chi connectivity index (χ4v) is 3.94. The summed E-state index contributed by atoms with van der Waals surface area (Å²) in [6.07, 6.45) is 1.42. The predicted molar refractivity (Wildman–Crippen MR) is 132 cm³/mol. The Labute approximate surface area is 197 Å². The lowest BCUT2D eigenvalue weighted by Gasteiger charge is -2.30. The first-order valence-corrected chi connectivity index (χ1v) is 11.1. The van der Waals surface area contributed by atoms with Crippen LogP contribution in [0.5, 0.6) is 0 Å². The zero-order valence-electron chi connectivity index (χ0n) is 19.1. The Hall–Kier alpha value is -4.26. The van der Waals surface area contributed by atoms with E-state index in [0.717, 1.165) is 11.1 Å².